The number of nitrogens with zero attached hydrogens (tertiary/aromatic N) is 1. The average Bonchev–Trinajstić information content (AvgIpc) is 2.37. The Balaban J connectivity index is 2.27. The molecule has 0 bridgehead atoms. The lowest BCUT2D eigenvalue weighted by molar-refractivity contribution is 0.0930. The summed E-state index contributed by atoms with van der Waals surface area (Å²) >= 11 is 3.55. The molecule has 1 aliphatic rings. The van der Waals surface area contributed by atoms with Gasteiger partial charge in [-0.3, -0.25) is 0 Å². The van der Waals surface area contributed by atoms with Crippen molar-refractivity contribution in [1.29, 1.82) is 0 Å². The summed E-state index contributed by atoms with van der Waals surface area (Å²) < 4.78 is 6.63. The predicted molar refractivity (Wildman–Crippen MR) is 74.3 cm³/mol. The van der Waals surface area contributed by atoms with Crippen molar-refractivity contribution in [2.45, 2.75) is 25.9 Å². The smallest absolute Gasteiger partial charge is 0.0670 e. The largest absolute Gasteiger partial charge is 0.377 e. The minimum Gasteiger partial charge on any atom is -0.377 e. The molecule has 1 unspecified atom stereocenters. The highest BCUT2D eigenvalue weighted by atomic mass is 79.9. The normalized spacial score (nSPS) is 20.6. The molecule has 2 rings (SSSR count). The Labute approximate surface area is 111 Å². The van der Waals surface area contributed by atoms with Gasteiger partial charge < -0.3 is 15.4 Å². The number of hydrogen-bond donors (Lipinski definition) is 1. The maximum Gasteiger partial charge on any atom is 0.0670 e. The Morgan fingerprint density at radius 1 is 1.47 bits per heavy atom. The molecular weight excluding hydrogens is 280 g/mol. The van der Waals surface area contributed by atoms with Crippen LogP contribution in [0.1, 0.15) is 18.9 Å². The summed E-state index contributed by atoms with van der Waals surface area (Å²) in [6, 6.07) is 6.89. The fourth-order valence-electron chi connectivity index (χ4n) is 2.25. The summed E-state index contributed by atoms with van der Waals surface area (Å²) in [5, 5.41) is 0. The second kappa shape index (κ2) is 5.85. The van der Waals surface area contributed by atoms with Crippen molar-refractivity contribution in [2.75, 3.05) is 24.7 Å². The molecule has 0 saturated carbocycles. The number of rotatable bonds is 3. The van der Waals surface area contributed by atoms with Gasteiger partial charge in [-0.05, 0) is 30.2 Å². The molecular formula is C13H19BrN2O. The maximum absolute atomic E-state index is 5.72. The van der Waals surface area contributed by atoms with Crippen LogP contribution in [0, 0.1) is 0 Å². The first-order valence-corrected chi connectivity index (χ1v) is 6.87. The topological polar surface area (TPSA) is 38.5 Å². The Bertz CT molecular complexity index is 384. The van der Waals surface area contributed by atoms with Crippen LogP contribution in [0.3, 0.4) is 0 Å². The lowest BCUT2D eigenvalue weighted by atomic mass is 10.1. The fourth-order valence-corrected chi connectivity index (χ4v) is 2.78. The summed E-state index contributed by atoms with van der Waals surface area (Å²) in [6.07, 6.45) is 1.10. The van der Waals surface area contributed by atoms with Gasteiger partial charge in [0.05, 0.1) is 19.3 Å². The molecule has 94 valence electrons. The van der Waals surface area contributed by atoms with Crippen molar-refractivity contribution in [3.63, 3.8) is 0 Å². The zero-order valence-electron chi connectivity index (χ0n) is 10.2. The highest BCUT2D eigenvalue weighted by Gasteiger charge is 2.21. The highest BCUT2D eigenvalue weighted by Crippen LogP contribution is 2.26. The lowest BCUT2D eigenvalue weighted by Crippen LogP contribution is -2.45. The van der Waals surface area contributed by atoms with Gasteiger partial charge in [-0.25, -0.2) is 0 Å². The van der Waals surface area contributed by atoms with Crippen LogP contribution in [-0.2, 0) is 11.3 Å². The molecule has 1 aromatic carbocycles. The standard InChI is InChI=1S/C13H19BrN2O/c1-2-12-9-17-4-3-16(12)13-6-10(8-15)5-11(14)7-13/h5-7,12H,2-4,8-9,15H2,1H3. The maximum atomic E-state index is 5.72. The molecule has 2 N–H and O–H groups in total. The van der Waals surface area contributed by atoms with Crippen LogP contribution in [0.4, 0.5) is 5.69 Å². The van der Waals surface area contributed by atoms with Gasteiger partial charge in [0.25, 0.3) is 0 Å². The van der Waals surface area contributed by atoms with E-state index in [0.717, 1.165) is 36.2 Å². The van der Waals surface area contributed by atoms with E-state index in [1.807, 2.05) is 0 Å². The van der Waals surface area contributed by atoms with Crippen molar-refractivity contribution >= 4 is 21.6 Å². The van der Waals surface area contributed by atoms with Gasteiger partial charge in [0.15, 0.2) is 0 Å². The zero-order chi connectivity index (χ0) is 12.3. The van der Waals surface area contributed by atoms with Crippen molar-refractivity contribution in [2.24, 2.45) is 5.73 Å². The minimum absolute atomic E-state index is 0.476. The van der Waals surface area contributed by atoms with Crippen LogP contribution in [-0.4, -0.2) is 25.8 Å². The van der Waals surface area contributed by atoms with Gasteiger partial charge in [0, 0.05) is 23.2 Å². The van der Waals surface area contributed by atoms with Gasteiger partial charge in [0.2, 0.25) is 0 Å². The molecule has 1 aromatic rings. The quantitative estimate of drug-likeness (QED) is 0.932. The molecule has 1 heterocycles. The fraction of sp³-hybridized carbons (Fsp3) is 0.538. The van der Waals surface area contributed by atoms with E-state index in [1.165, 1.54) is 5.69 Å². The van der Waals surface area contributed by atoms with E-state index in [2.05, 4.69) is 46.0 Å². The van der Waals surface area contributed by atoms with E-state index in [1.54, 1.807) is 0 Å². The third-order valence-electron chi connectivity index (χ3n) is 3.21. The average molecular weight is 299 g/mol. The summed E-state index contributed by atoms with van der Waals surface area (Å²) in [7, 11) is 0. The molecule has 0 radical (unpaired) electrons. The molecule has 0 spiro atoms. The summed E-state index contributed by atoms with van der Waals surface area (Å²) in [6.45, 7) is 5.36. The van der Waals surface area contributed by atoms with E-state index in [9.17, 15) is 0 Å². The predicted octanol–water partition coefficient (Wildman–Crippen LogP) is 2.52. The monoisotopic (exact) mass is 298 g/mol. The number of benzene rings is 1. The number of morpholine rings is 1. The van der Waals surface area contributed by atoms with Gasteiger partial charge in [-0.15, -0.1) is 0 Å². The molecule has 0 aliphatic carbocycles. The van der Waals surface area contributed by atoms with E-state index in [4.69, 9.17) is 10.5 Å². The zero-order valence-corrected chi connectivity index (χ0v) is 11.7. The highest BCUT2D eigenvalue weighted by molar-refractivity contribution is 9.10. The molecule has 3 nitrogen and oxygen atoms in total. The van der Waals surface area contributed by atoms with E-state index < -0.39 is 0 Å². The number of halogens is 1. The van der Waals surface area contributed by atoms with E-state index in [0.29, 0.717) is 12.6 Å². The number of ether oxygens (including phenoxy) is 1. The Morgan fingerprint density at radius 3 is 3.00 bits per heavy atom. The van der Waals surface area contributed by atoms with Gasteiger partial charge in [-0.1, -0.05) is 22.9 Å². The first-order chi connectivity index (χ1) is 8.24. The third kappa shape index (κ3) is 3.00. The van der Waals surface area contributed by atoms with Crippen LogP contribution in [0.25, 0.3) is 0 Å². The Morgan fingerprint density at radius 2 is 2.29 bits per heavy atom. The van der Waals surface area contributed by atoms with E-state index in [-0.39, 0.29) is 0 Å². The second-order valence-electron chi connectivity index (χ2n) is 4.35. The van der Waals surface area contributed by atoms with Crippen molar-refractivity contribution in [3.8, 4) is 0 Å². The molecule has 0 aromatic heterocycles. The summed E-state index contributed by atoms with van der Waals surface area (Å²) in [4.78, 5) is 2.42. The number of hydrogen-bond acceptors (Lipinski definition) is 3. The van der Waals surface area contributed by atoms with Crippen molar-refractivity contribution < 1.29 is 4.74 Å². The number of anilines is 1. The van der Waals surface area contributed by atoms with E-state index >= 15 is 0 Å². The summed E-state index contributed by atoms with van der Waals surface area (Å²) in [5.74, 6) is 0. The molecule has 4 heteroatoms. The Hall–Kier alpha value is -0.580. The van der Waals surface area contributed by atoms with Gasteiger partial charge >= 0.3 is 0 Å². The van der Waals surface area contributed by atoms with Gasteiger partial charge in [0.1, 0.15) is 0 Å². The minimum atomic E-state index is 0.476. The van der Waals surface area contributed by atoms with Crippen LogP contribution in [0.2, 0.25) is 0 Å². The van der Waals surface area contributed by atoms with Crippen molar-refractivity contribution in [1.82, 2.24) is 0 Å². The molecule has 1 atom stereocenters. The summed E-state index contributed by atoms with van der Waals surface area (Å²) in [5.41, 5.74) is 8.13. The van der Waals surface area contributed by atoms with Crippen LogP contribution < -0.4 is 10.6 Å². The van der Waals surface area contributed by atoms with Crippen molar-refractivity contribution in [3.05, 3.63) is 28.2 Å². The molecule has 17 heavy (non-hydrogen) atoms. The lowest BCUT2D eigenvalue weighted by Gasteiger charge is -2.37. The second-order valence-corrected chi connectivity index (χ2v) is 5.27. The Kier molecular flexibility index (Phi) is 4.42. The van der Waals surface area contributed by atoms with Crippen LogP contribution >= 0.6 is 15.9 Å². The van der Waals surface area contributed by atoms with Crippen LogP contribution in [0.5, 0.6) is 0 Å². The first-order valence-electron chi connectivity index (χ1n) is 6.08. The molecule has 1 saturated heterocycles. The van der Waals surface area contributed by atoms with Crippen LogP contribution in [0.15, 0.2) is 22.7 Å². The SMILES string of the molecule is CCC1COCCN1c1cc(Br)cc(CN)c1. The molecule has 0 amide bonds. The third-order valence-corrected chi connectivity index (χ3v) is 3.67. The molecule has 1 aliphatic heterocycles. The number of nitrogens with two attached hydrogens (primary N) is 1. The molecule has 1 fully saturated rings. The van der Waals surface area contributed by atoms with Gasteiger partial charge in [-0.2, -0.15) is 0 Å². The first kappa shape index (κ1) is 12.9.